The van der Waals surface area contributed by atoms with Gasteiger partial charge in [0.1, 0.15) is 12.4 Å². The van der Waals surface area contributed by atoms with E-state index in [-0.39, 0.29) is 17.9 Å². The molecule has 0 amide bonds. The number of benzene rings is 2. The molecule has 27 heavy (non-hydrogen) atoms. The van der Waals surface area contributed by atoms with Crippen LogP contribution in [-0.2, 0) is 12.5 Å². The molecule has 1 heterocycles. The highest BCUT2D eigenvalue weighted by molar-refractivity contribution is 9.10. The molecule has 0 aliphatic rings. The van der Waals surface area contributed by atoms with E-state index in [0.717, 1.165) is 10.2 Å². The Labute approximate surface area is 174 Å². The van der Waals surface area contributed by atoms with E-state index in [1.165, 1.54) is 11.8 Å². The zero-order valence-corrected chi connectivity index (χ0v) is 17.5. The Hall–Kier alpha value is -2.03. The van der Waals surface area contributed by atoms with Crippen LogP contribution in [0.4, 0.5) is 11.6 Å². The van der Waals surface area contributed by atoms with E-state index in [1.807, 2.05) is 30.5 Å². The van der Waals surface area contributed by atoms with Crippen LogP contribution >= 0.6 is 39.3 Å². The van der Waals surface area contributed by atoms with Gasteiger partial charge in [0.25, 0.3) is 5.56 Å². The molecule has 6 nitrogen and oxygen atoms in total. The fourth-order valence-electron chi connectivity index (χ4n) is 2.27. The van der Waals surface area contributed by atoms with Crippen molar-refractivity contribution in [3.05, 3.63) is 74.1 Å². The van der Waals surface area contributed by atoms with Crippen LogP contribution in [0.3, 0.4) is 0 Å². The summed E-state index contributed by atoms with van der Waals surface area (Å²) >= 11 is 10.8. The molecule has 0 fully saturated rings. The first kappa shape index (κ1) is 19.7. The van der Waals surface area contributed by atoms with E-state index in [0.29, 0.717) is 22.6 Å². The largest absolute Gasteiger partial charge is 0.487 e. The summed E-state index contributed by atoms with van der Waals surface area (Å²) in [5, 5.41) is 12.0. The van der Waals surface area contributed by atoms with Crippen LogP contribution in [0.15, 0.2) is 57.8 Å². The van der Waals surface area contributed by atoms with Gasteiger partial charge in [0.2, 0.25) is 5.95 Å². The number of hydrogen-bond donors (Lipinski definition) is 1. The fraction of sp³-hybridized carbons (Fsp3) is 0.167. The summed E-state index contributed by atoms with van der Waals surface area (Å²) in [5.74, 6) is 1.43. The van der Waals surface area contributed by atoms with Crippen molar-refractivity contribution in [2.45, 2.75) is 12.5 Å². The quantitative estimate of drug-likeness (QED) is 0.543. The molecule has 0 radical (unpaired) electrons. The van der Waals surface area contributed by atoms with Gasteiger partial charge in [0.15, 0.2) is 5.69 Å². The summed E-state index contributed by atoms with van der Waals surface area (Å²) in [6.07, 6.45) is 1.92. The van der Waals surface area contributed by atoms with Crippen LogP contribution in [0.2, 0.25) is 5.02 Å². The Morgan fingerprint density at radius 2 is 2.00 bits per heavy atom. The van der Waals surface area contributed by atoms with Gasteiger partial charge in [-0.1, -0.05) is 33.6 Å². The highest BCUT2D eigenvalue weighted by Crippen LogP contribution is 2.20. The molecule has 0 aliphatic carbocycles. The summed E-state index contributed by atoms with van der Waals surface area (Å²) < 4.78 is 8.09. The van der Waals surface area contributed by atoms with Crippen LogP contribution in [0.25, 0.3) is 0 Å². The SMILES string of the molecule is CSCn1c(Nc2cccc(Br)c2)nnc(COc2ccc(Cl)cc2)c1=O. The zero-order chi connectivity index (χ0) is 19.2. The molecule has 0 unspecified atom stereocenters. The average Bonchev–Trinajstić information content (AvgIpc) is 2.65. The number of aromatic nitrogens is 3. The number of nitrogens with one attached hydrogen (secondary N) is 1. The maximum absolute atomic E-state index is 12.8. The lowest BCUT2D eigenvalue weighted by atomic mass is 10.3. The second kappa shape index (κ2) is 9.25. The van der Waals surface area contributed by atoms with Crippen molar-refractivity contribution in [1.82, 2.24) is 14.8 Å². The van der Waals surface area contributed by atoms with Gasteiger partial charge in [-0.15, -0.1) is 22.0 Å². The van der Waals surface area contributed by atoms with E-state index in [1.54, 1.807) is 28.8 Å². The highest BCUT2D eigenvalue weighted by atomic mass is 79.9. The molecular weight excluding hydrogens is 452 g/mol. The van der Waals surface area contributed by atoms with Crippen LogP contribution in [0, 0.1) is 0 Å². The molecule has 0 aliphatic heterocycles. The molecule has 140 valence electrons. The summed E-state index contributed by atoms with van der Waals surface area (Å²) in [7, 11) is 0. The number of anilines is 2. The Morgan fingerprint density at radius 3 is 2.70 bits per heavy atom. The van der Waals surface area contributed by atoms with Gasteiger partial charge in [-0.25, -0.2) is 0 Å². The molecule has 0 atom stereocenters. The maximum atomic E-state index is 12.8. The van der Waals surface area contributed by atoms with Crippen molar-refractivity contribution in [2.75, 3.05) is 11.6 Å². The minimum absolute atomic E-state index is 0.0268. The molecule has 0 bridgehead atoms. The van der Waals surface area contributed by atoms with Crippen molar-refractivity contribution in [2.24, 2.45) is 0 Å². The fourth-order valence-corrected chi connectivity index (χ4v) is 3.29. The van der Waals surface area contributed by atoms with Crippen molar-refractivity contribution in [1.29, 1.82) is 0 Å². The van der Waals surface area contributed by atoms with Gasteiger partial charge < -0.3 is 10.1 Å². The number of hydrogen-bond acceptors (Lipinski definition) is 6. The summed E-state index contributed by atoms with van der Waals surface area (Å²) in [6, 6.07) is 14.5. The molecule has 0 saturated carbocycles. The molecule has 9 heteroatoms. The Morgan fingerprint density at radius 1 is 1.22 bits per heavy atom. The second-order valence-electron chi connectivity index (χ2n) is 5.50. The number of nitrogens with zero attached hydrogens (tertiary/aromatic N) is 3. The normalized spacial score (nSPS) is 10.6. The molecule has 0 saturated heterocycles. The van der Waals surface area contributed by atoms with Gasteiger partial charge in [0.05, 0.1) is 5.88 Å². The van der Waals surface area contributed by atoms with Crippen molar-refractivity contribution in [3.8, 4) is 5.75 Å². The lowest BCUT2D eigenvalue weighted by Gasteiger charge is -2.13. The summed E-state index contributed by atoms with van der Waals surface area (Å²) in [5.41, 5.74) is 0.794. The zero-order valence-electron chi connectivity index (χ0n) is 14.4. The molecular formula is C18H16BrClN4O2S. The van der Waals surface area contributed by atoms with E-state index < -0.39 is 0 Å². The Bertz CT molecular complexity index is 982. The highest BCUT2D eigenvalue weighted by Gasteiger charge is 2.13. The van der Waals surface area contributed by atoms with E-state index >= 15 is 0 Å². The van der Waals surface area contributed by atoms with Gasteiger partial charge in [0, 0.05) is 15.2 Å². The topological polar surface area (TPSA) is 69.0 Å². The first-order valence-corrected chi connectivity index (χ1v) is 10.5. The molecule has 0 spiro atoms. The van der Waals surface area contributed by atoms with Crippen LogP contribution in [0.5, 0.6) is 5.75 Å². The van der Waals surface area contributed by atoms with Crippen molar-refractivity contribution < 1.29 is 4.74 Å². The maximum Gasteiger partial charge on any atom is 0.281 e. The monoisotopic (exact) mass is 466 g/mol. The summed E-state index contributed by atoms with van der Waals surface area (Å²) in [6.45, 7) is 0.0268. The average molecular weight is 468 g/mol. The lowest BCUT2D eigenvalue weighted by molar-refractivity contribution is 0.296. The second-order valence-corrected chi connectivity index (χ2v) is 7.69. The van der Waals surface area contributed by atoms with Crippen molar-refractivity contribution >= 4 is 50.9 Å². The molecule has 1 aromatic heterocycles. The van der Waals surface area contributed by atoms with Crippen LogP contribution < -0.4 is 15.6 Å². The third kappa shape index (κ3) is 5.24. The third-order valence-electron chi connectivity index (χ3n) is 3.54. The number of thioether (sulfide) groups is 1. The predicted octanol–water partition coefficient (Wildman–Crippen LogP) is 4.70. The summed E-state index contributed by atoms with van der Waals surface area (Å²) in [4.78, 5) is 12.8. The third-order valence-corrected chi connectivity index (χ3v) is 4.80. The van der Waals surface area contributed by atoms with Crippen molar-refractivity contribution in [3.63, 3.8) is 0 Å². The Balaban J connectivity index is 1.83. The Kier molecular flexibility index (Phi) is 6.76. The standard InChI is InChI=1S/C18H16BrClN4O2S/c1-27-11-24-17(25)16(10-26-15-7-5-13(20)6-8-15)22-23-18(24)21-14-4-2-3-12(19)9-14/h2-9H,10-11H2,1H3,(H,21,23). The number of ether oxygens (including phenoxy) is 1. The van der Waals surface area contributed by atoms with E-state index in [4.69, 9.17) is 16.3 Å². The predicted molar refractivity (Wildman–Crippen MR) is 113 cm³/mol. The van der Waals surface area contributed by atoms with Gasteiger partial charge in [-0.2, -0.15) is 0 Å². The van der Waals surface area contributed by atoms with E-state index in [9.17, 15) is 4.79 Å². The molecule has 2 aromatic carbocycles. The molecule has 3 rings (SSSR count). The smallest absolute Gasteiger partial charge is 0.281 e. The minimum atomic E-state index is -0.245. The number of halogens is 2. The van der Waals surface area contributed by atoms with Gasteiger partial charge >= 0.3 is 0 Å². The first-order chi connectivity index (χ1) is 13.1. The molecule has 1 N–H and O–H groups in total. The van der Waals surface area contributed by atoms with Gasteiger partial charge in [-0.3, -0.25) is 9.36 Å². The van der Waals surface area contributed by atoms with Crippen LogP contribution in [0.1, 0.15) is 5.69 Å². The first-order valence-electron chi connectivity index (χ1n) is 7.93. The molecule has 3 aromatic rings. The van der Waals surface area contributed by atoms with E-state index in [2.05, 4.69) is 31.4 Å². The number of rotatable bonds is 7. The van der Waals surface area contributed by atoms with Crippen LogP contribution in [-0.4, -0.2) is 21.0 Å². The minimum Gasteiger partial charge on any atom is -0.487 e. The van der Waals surface area contributed by atoms with Gasteiger partial charge in [-0.05, 0) is 48.7 Å². The lowest BCUT2D eigenvalue weighted by Crippen LogP contribution is -2.29.